The Hall–Kier alpha value is -0.440. The topological polar surface area (TPSA) is 45.0 Å². The predicted octanol–water partition coefficient (Wildman–Crippen LogP) is 1.58. The van der Waals surface area contributed by atoms with Crippen molar-refractivity contribution in [3.63, 3.8) is 0 Å². The quantitative estimate of drug-likeness (QED) is 0.579. The molecule has 3 heteroatoms. The van der Waals surface area contributed by atoms with Crippen LogP contribution in [-0.2, 0) is 0 Å². The summed E-state index contributed by atoms with van der Waals surface area (Å²) in [6.07, 6.45) is 0.972. The summed E-state index contributed by atoms with van der Waals surface area (Å²) >= 11 is 0. The first-order valence-electron chi connectivity index (χ1n) is 3.17. The zero-order chi connectivity index (χ0) is 7.33. The number of hydrogen-bond donors (Lipinski definition) is 1. The van der Waals surface area contributed by atoms with Gasteiger partial charge in [0.15, 0.2) is 5.72 Å². The van der Waals surface area contributed by atoms with E-state index in [0.29, 0.717) is 6.54 Å². The molecule has 0 bridgehead atoms. The van der Waals surface area contributed by atoms with Gasteiger partial charge in [-0.25, -0.2) is 0 Å². The summed E-state index contributed by atoms with van der Waals surface area (Å²) in [4.78, 5) is 0. The lowest BCUT2D eigenvalue weighted by atomic mass is 10.3. The highest BCUT2D eigenvalue weighted by Crippen LogP contribution is 2.02. The first kappa shape index (κ1) is 8.56. The Bertz CT molecular complexity index is 93.7. The first-order chi connectivity index (χ1) is 4.06. The van der Waals surface area contributed by atoms with Crippen LogP contribution in [0.2, 0.25) is 0 Å². The van der Waals surface area contributed by atoms with Crippen LogP contribution in [0.5, 0.6) is 0 Å². The number of aliphatic hydroxyl groups is 1. The Balaban J connectivity index is 3.45. The lowest BCUT2D eigenvalue weighted by Crippen LogP contribution is -2.13. The lowest BCUT2D eigenvalue weighted by molar-refractivity contribution is 0.0816. The van der Waals surface area contributed by atoms with E-state index in [1.807, 2.05) is 6.92 Å². The normalized spacial score (nSPS) is 12.9. The third-order valence-corrected chi connectivity index (χ3v) is 0.639. The van der Waals surface area contributed by atoms with Crippen LogP contribution in [0, 0.1) is 0 Å². The fraction of sp³-hybridized carbons (Fsp3) is 1.00. The highest BCUT2D eigenvalue weighted by Gasteiger charge is 2.07. The van der Waals surface area contributed by atoms with Crippen molar-refractivity contribution in [1.29, 1.82) is 0 Å². The summed E-state index contributed by atoms with van der Waals surface area (Å²) in [7, 11) is 0. The minimum absolute atomic E-state index is 0.698. The van der Waals surface area contributed by atoms with E-state index in [4.69, 9.17) is 5.11 Å². The number of rotatable bonds is 3. The van der Waals surface area contributed by atoms with Crippen LogP contribution in [0.4, 0.5) is 0 Å². The maximum absolute atomic E-state index is 8.98. The third-order valence-electron chi connectivity index (χ3n) is 0.639. The molecule has 1 N–H and O–H groups in total. The van der Waals surface area contributed by atoms with Gasteiger partial charge >= 0.3 is 0 Å². The maximum Gasteiger partial charge on any atom is 0.170 e. The van der Waals surface area contributed by atoms with Gasteiger partial charge in [-0.05, 0) is 20.3 Å². The van der Waals surface area contributed by atoms with Crippen molar-refractivity contribution in [2.45, 2.75) is 32.9 Å². The zero-order valence-corrected chi connectivity index (χ0v) is 6.26. The molecule has 0 saturated carbocycles. The fourth-order valence-electron chi connectivity index (χ4n) is 0.323. The van der Waals surface area contributed by atoms with E-state index in [-0.39, 0.29) is 0 Å². The van der Waals surface area contributed by atoms with Gasteiger partial charge in [-0.15, -0.1) is 0 Å². The summed E-state index contributed by atoms with van der Waals surface area (Å²) in [5.41, 5.74) is -0.991. The Kier molecular flexibility index (Phi) is 3.39. The highest BCUT2D eigenvalue weighted by molar-refractivity contribution is 4.56. The minimum atomic E-state index is -0.991. The van der Waals surface area contributed by atoms with Crippen LogP contribution in [0.25, 0.3) is 0 Å². The van der Waals surface area contributed by atoms with Gasteiger partial charge in [-0.2, -0.15) is 10.2 Å². The largest absolute Gasteiger partial charge is 0.368 e. The molecule has 3 nitrogen and oxygen atoms in total. The van der Waals surface area contributed by atoms with E-state index in [1.54, 1.807) is 13.8 Å². The molecule has 0 aliphatic carbocycles. The second-order valence-electron chi connectivity index (χ2n) is 2.46. The molecule has 0 aromatic carbocycles. The second kappa shape index (κ2) is 3.56. The first-order valence-corrected chi connectivity index (χ1v) is 3.17. The standard InChI is InChI=1S/C6H14N2O/c1-4-5-7-8-6(2,3)9/h9H,4-5H2,1-3H3. The Labute approximate surface area is 55.8 Å². The van der Waals surface area contributed by atoms with Gasteiger partial charge in [0, 0.05) is 0 Å². The summed E-state index contributed by atoms with van der Waals surface area (Å²) in [5.74, 6) is 0. The van der Waals surface area contributed by atoms with Gasteiger partial charge in [-0.1, -0.05) is 6.92 Å². The van der Waals surface area contributed by atoms with Gasteiger partial charge in [0.1, 0.15) is 0 Å². The minimum Gasteiger partial charge on any atom is -0.368 e. The summed E-state index contributed by atoms with van der Waals surface area (Å²) in [6.45, 7) is 5.92. The molecule has 0 heterocycles. The van der Waals surface area contributed by atoms with Crippen molar-refractivity contribution in [3.8, 4) is 0 Å². The van der Waals surface area contributed by atoms with Gasteiger partial charge < -0.3 is 5.11 Å². The Morgan fingerprint density at radius 3 is 2.33 bits per heavy atom. The lowest BCUT2D eigenvalue weighted by Gasteiger charge is -2.06. The van der Waals surface area contributed by atoms with E-state index < -0.39 is 5.72 Å². The van der Waals surface area contributed by atoms with E-state index in [0.717, 1.165) is 6.42 Å². The van der Waals surface area contributed by atoms with E-state index in [1.165, 1.54) is 0 Å². The molecule has 0 aliphatic rings. The molecule has 0 aliphatic heterocycles. The molecule has 0 radical (unpaired) electrons. The van der Waals surface area contributed by atoms with Crippen molar-refractivity contribution in [2.75, 3.05) is 6.54 Å². The van der Waals surface area contributed by atoms with Gasteiger partial charge in [0.05, 0.1) is 6.54 Å². The monoisotopic (exact) mass is 130 g/mol. The van der Waals surface area contributed by atoms with E-state index >= 15 is 0 Å². The molecule has 0 rings (SSSR count). The predicted molar refractivity (Wildman–Crippen MR) is 36.3 cm³/mol. The highest BCUT2D eigenvalue weighted by atomic mass is 16.3. The van der Waals surface area contributed by atoms with Crippen molar-refractivity contribution < 1.29 is 5.11 Å². The fourth-order valence-corrected chi connectivity index (χ4v) is 0.323. The van der Waals surface area contributed by atoms with E-state index in [2.05, 4.69) is 10.2 Å². The van der Waals surface area contributed by atoms with E-state index in [9.17, 15) is 0 Å². The van der Waals surface area contributed by atoms with Crippen LogP contribution in [0.15, 0.2) is 10.2 Å². The van der Waals surface area contributed by atoms with Crippen LogP contribution in [0.1, 0.15) is 27.2 Å². The molecule has 0 aromatic heterocycles. The molecule has 0 fully saturated rings. The zero-order valence-electron chi connectivity index (χ0n) is 6.26. The average molecular weight is 130 g/mol. The molecule has 0 amide bonds. The van der Waals surface area contributed by atoms with Gasteiger partial charge in [0.25, 0.3) is 0 Å². The van der Waals surface area contributed by atoms with Crippen LogP contribution < -0.4 is 0 Å². The van der Waals surface area contributed by atoms with Gasteiger partial charge in [-0.3, -0.25) is 0 Å². The Morgan fingerprint density at radius 2 is 2.00 bits per heavy atom. The summed E-state index contributed by atoms with van der Waals surface area (Å²) < 4.78 is 0. The average Bonchev–Trinajstić information content (AvgIpc) is 1.63. The smallest absolute Gasteiger partial charge is 0.170 e. The molecule has 9 heavy (non-hydrogen) atoms. The maximum atomic E-state index is 8.98. The molecule has 0 atom stereocenters. The molecule has 54 valence electrons. The Morgan fingerprint density at radius 1 is 1.44 bits per heavy atom. The number of hydrogen-bond acceptors (Lipinski definition) is 3. The van der Waals surface area contributed by atoms with Crippen LogP contribution in [-0.4, -0.2) is 17.4 Å². The van der Waals surface area contributed by atoms with Crippen LogP contribution in [0.3, 0.4) is 0 Å². The van der Waals surface area contributed by atoms with Crippen molar-refractivity contribution in [2.24, 2.45) is 10.2 Å². The molecule has 0 unspecified atom stereocenters. The number of azo groups is 1. The SMILES string of the molecule is CCCN=NC(C)(C)O. The molecule has 0 aromatic rings. The van der Waals surface area contributed by atoms with Crippen molar-refractivity contribution >= 4 is 0 Å². The molecule has 0 spiro atoms. The van der Waals surface area contributed by atoms with Crippen molar-refractivity contribution in [1.82, 2.24) is 0 Å². The molecular formula is C6H14N2O. The summed E-state index contributed by atoms with van der Waals surface area (Å²) in [5, 5.41) is 16.3. The molecule has 0 saturated heterocycles. The molecular weight excluding hydrogens is 116 g/mol. The van der Waals surface area contributed by atoms with Crippen LogP contribution >= 0.6 is 0 Å². The third kappa shape index (κ3) is 7.56. The number of nitrogens with zero attached hydrogens (tertiary/aromatic N) is 2. The summed E-state index contributed by atoms with van der Waals surface area (Å²) in [6, 6.07) is 0. The second-order valence-corrected chi connectivity index (χ2v) is 2.46. The van der Waals surface area contributed by atoms with Crippen molar-refractivity contribution in [3.05, 3.63) is 0 Å². The van der Waals surface area contributed by atoms with Gasteiger partial charge in [0.2, 0.25) is 0 Å².